The zero-order valence-electron chi connectivity index (χ0n) is 21.0. The Balaban J connectivity index is 1.42. The van der Waals surface area contributed by atoms with Crippen LogP contribution in [0.4, 0.5) is 8.78 Å². The zero-order chi connectivity index (χ0) is 26.1. The van der Waals surface area contributed by atoms with Crippen molar-refractivity contribution in [1.82, 2.24) is 4.90 Å². The standard InChI is InChI=1S/C30H31F2NO4/c1-18(33-11-10-20(15-31)16-33)17-36-28-8-6-22(13-26(28)32)30-29(21-4-3-5-23(34)12-21)19(2)25-14-24(35)7-9-27(25)37-30/h3-9,12-14,18,20,30,34-35H,10-11,15-17H2,1-2H3/t18-,20-,30?/m0/s1. The molecule has 5 rings (SSSR count). The first-order chi connectivity index (χ1) is 17.8. The molecule has 7 heteroatoms. The molecular formula is C30H31F2NO4. The van der Waals surface area contributed by atoms with Crippen LogP contribution in [0.5, 0.6) is 23.0 Å². The van der Waals surface area contributed by atoms with Gasteiger partial charge in [0, 0.05) is 35.2 Å². The molecule has 1 saturated heterocycles. The highest BCUT2D eigenvalue weighted by Crippen LogP contribution is 2.48. The highest BCUT2D eigenvalue weighted by atomic mass is 19.1. The number of allylic oxidation sites excluding steroid dienone is 1. The number of benzene rings is 3. The second kappa shape index (κ2) is 10.4. The fourth-order valence-corrected chi connectivity index (χ4v) is 5.22. The van der Waals surface area contributed by atoms with Gasteiger partial charge < -0.3 is 19.7 Å². The summed E-state index contributed by atoms with van der Waals surface area (Å²) < 4.78 is 40.4. The third kappa shape index (κ3) is 5.14. The lowest BCUT2D eigenvalue weighted by atomic mass is 9.86. The summed E-state index contributed by atoms with van der Waals surface area (Å²) in [5.41, 5.74) is 3.70. The highest BCUT2D eigenvalue weighted by molar-refractivity contribution is 5.95. The van der Waals surface area contributed by atoms with Crippen molar-refractivity contribution in [3.05, 3.63) is 83.2 Å². The van der Waals surface area contributed by atoms with Gasteiger partial charge in [-0.1, -0.05) is 18.2 Å². The molecule has 3 aromatic rings. The van der Waals surface area contributed by atoms with Crippen LogP contribution in [0.3, 0.4) is 0 Å². The maximum Gasteiger partial charge on any atom is 0.165 e. The van der Waals surface area contributed by atoms with E-state index in [0.717, 1.165) is 35.2 Å². The van der Waals surface area contributed by atoms with Gasteiger partial charge in [-0.15, -0.1) is 0 Å². The van der Waals surface area contributed by atoms with Crippen LogP contribution < -0.4 is 9.47 Å². The average molecular weight is 508 g/mol. The van der Waals surface area contributed by atoms with Gasteiger partial charge in [0.15, 0.2) is 11.6 Å². The zero-order valence-corrected chi connectivity index (χ0v) is 21.0. The third-order valence-corrected chi connectivity index (χ3v) is 7.33. The molecule has 0 saturated carbocycles. The molecule has 3 atom stereocenters. The molecular weight excluding hydrogens is 476 g/mol. The number of ether oxygens (including phenoxy) is 2. The summed E-state index contributed by atoms with van der Waals surface area (Å²) in [7, 11) is 0. The van der Waals surface area contributed by atoms with Crippen molar-refractivity contribution in [2.24, 2.45) is 5.92 Å². The molecule has 0 spiro atoms. The summed E-state index contributed by atoms with van der Waals surface area (Å²) in [4.78, 5) is 2.18. The first kappa shape index (κ1) is 25.1. The number of likely N-dealkylation sites (tertiary alicyclic amines) is 1. The van der Waals surface area contributed by atoms with Gasteiger partial charge in [-0.05, 0) is 80.4 Å². The van der Waals surface area contributed by atoms with Gasteiger partial charge >= 0.3 is 0 Å². The number of aromatic hydroxyl groups is 2. The maximum atomic E-state index is 15.3. The molecule has 37 heavy (non-hydrogen) atoms. The summed E-state index contributed by atoms with van der Waals surface area (Å²) in [5.74, 6) is 0.527. The van der Waals surface area contributed by atoms with Crippen molar-refractivity contribution in [2.45, 2.75) is 32.4 Å². The highest BCUT2D eigenvalue weighted by Gasteiger charge is 2.31. The molecule has 0 bridgehead atoms. The van der Waals surface area contributed by atoms with Crippen molar-refractivity contribution < 1.29 is 28.5 Å². The first-order valence-electron chi connectivity index (χ1n) is 12.6. The number of fused-ring (bicyclic) bond motifs is 1. The molecule has 1 fully saturated rings. The van der Waals surface area contributed by atoms with E-state index in [1.54, 1.807) is 48.5 Å². The molecule has 0 aromatic heterocycles. The van der Waals surface area contributed by atoms with Crippen molar-refractivity contribution >= 4 is 11.1 Å². The Bertz CT molecular complexity index is 1320. The van der Waals surface area contributed by atoms with Crippen LogP contribution in [0.1, 0.15) is 43.1 Å². The molecule has 2 aliphatic rings. The summed E-state index contributed by atoms with van der Waals surface area (Å²) >= 11 is 0. The average Bonchev–Trinajstić information content (AvgIpc) is 3.38. The Labute approximate surface area is 215 Å². The monoisotopic (exact) mass is 507 g/mol. The Morgan fingerprint density at radius 1 is 1.08 bits per heavy atom. The van der Waals surface area contributed by atoms with Gasteiger partial charge in [0.25, 0.3) is 0 Å². The minimum atomic E-state index is -0.636. The number of hydrogen-bond acceptors (Lipinski definition) is 5. The number of rotatable bonds is 7. The topological polar surface area (TPSA) is 62.2 Å². The number of phenols is 2. The first-order valence-corrected chi connectivity index (χ1v) is 12.6. The van der Waals surface area contributed by atoms with E-state index in [-0.39, 0.29) is 35.9 Å². The molecule has 2 aliphatic heterocycles. The quantitative estimate of drug-likeness (QED) is 0.390. The van der Waals surface area contributed by atoms with Crippen LogP contribution in [-0.2, 0) is 0 Å². The number of hydrogen-bond donors (Lipinski definition) is 2. The second-order valence-corrected chi connectivity index (χ2v) is 9.92. The van der Waals surface area contributed by atoms with Crippen molar-refractivity contribution in [3.8, 4) is 23.0 Å². The van der Waals surface area contributed by atoms with Crippen molar-refractivity contribution in [2.75, 3.05) is 26.4 Å². The van der Waals surface area contributed by atoms with Gasteiger partial charge in [-0.3, -0.25) is 9.29 Å². The van der Waals surface area contributed by atoms with Crippen molar-refractivity contribution in [3.63, 3.8) is 0 Å². The van der Waals surface area contributed by atoms with Crippen LogP contribution in [0.25, 0.3) is 11.1 Å². The van der Waals surface area contributed by atoms with Crippen LogP contribution >= 0.6 is 0 Å². The Kier molecular flexibility index (Phi) is 7.07. The minimum Gasteiger partial charge on any atom is -0.508 e. The van der Waals surface area contributed by atoms with Crippen molar-refractivity contribution in [1.29, 1.82) is 0 Å². The molecule has 0 amide bonds. The smallest absolute Gasteiger partial charge is 0.165 e. The number of alkyl halides is 1. The van der Waals surface area contributed by atoms with Crippen LogP contribution in [0.2, 0.25) is 0 Å². The Morgan fingerprint density at radius 3 is 2.62 bits per heavy atom. The van der Waals surface area contributed by atoms with Gasteiger partial charge in [-0.2, -0.15) is 0 Å². The summed E-state index contributed by atoms with van der Waals surface area (Å²) in [6, 6.07) is 16.6. The van der Waals surface area contributed by atoms with E-state index in [9.17, 15) is 14.6 Å². The summed E-state index contributed by atoms with van der Waals surface area (Å²) in [6.07, 6.45) is 0.200. The van der Waals surface area contributed by atoms with E-state index in [1.807, 2.05) is 19.9 Å². The molecule has 2 N–H and O–H groups in total. The van der Waals surface area contributed by atoms with E-state index in [1.165, 1.54) is 6.07 Å². The van der Waals surface area contributed by atoms with E-state index < -0.39 is 11.9 Å². The van der Waals surface area contributed by atoms with Gasteiger partial charge in [0.05, 0.1) is 6.67 Å². The molecule has 5 nitrogen and oxygen atoms in total. The summed E-state index contributed by atoms with van der Waals surface area (Å²) in [5, 5.41) is 20.2. The molecule has 194 valence electrons. The lowest BCUT2D eigenvalue weighted by Gasteiger charge is -2.31. The fraction of sp³-hybridized carbons (Fsp3) is 0.333. The Hall–Kier alpha value is -3.58. The lowest BCUT2D eigenvalue weighted by molar-refractivity contribution is 0.162. The largest absolute Gasteiger partial charge is 0.508 e. The predicted molar refractivity (Wildman–Crippen MR) is 139 cm³/mol. The predicted octanol–water partition coefficient (Wildman–Crippen LogP) is 6.36. The van der Waals surface area contributed by atoms with E-state index in [2.05, 4.69) is 4.90 Å². The van der Waals surface area contributed by atoms with Gasteiger partial charge in [0.1, 0.15) is 30.0 Å². The maximum absolute atomic E-state index is 15.3. The second-order valence-electron chi connectivity index (χ2n) is 9.92. The molecule has 0 radical (unpaired) electrons. The molecule has 0 aliphatic carbocycles. The number of phenolic OH excluding ortho intramolecular Hbond substituents is 2. The van der Waals surface area contributed by atoms with Gasteiger partial charge in [-0.25, -0.2) is 4.39 Å². The normalized spacial score (nSPS) is 20.4. The molecule has 2 heterocycles. The minimum absolute atomic E-state index is 0.0492. The third-order valence-electron chi connectivity index (χ3n) is 7.33. The Morgan fingerprint density at radius 2 is 1.89 bits per heavy atom. The van der Waals surface area contributed by atoms with E-state index in [4.69, 9.17) is 9.47 Å². The van der Waals surface area contributed by atoms with E-state index in [0.29, 0.717) is 24.5 Å². The SMILES string of the molecule is CC1=C(c2cccc(O)c2)C(c2ccc(OC[C@H](C)N3CC[C@@H](CF)C3)c(F)c2)Oc2ccc(O)cc21. The van der Waals surface area contributed by atoms with Crippen LogP contribution in [0, 0.1) is 11.7 Å². The van der Waals surface area contributed by atoms with Crippen LogP contribution in [-0.4, -0.2) is 47.5 Å². The molecule has 3 aromatic carbocycles. The van der Waals surface area contributed by atoms with Crippen LogP contribution in [0.15, 0.2) is 60.7 Å². The van der Waals surface area contributed by atoms with E-state index >= 15 is 4.39 Å². The van der Waals surface area contributed by atoms with Gasteiger partial charge in [0.2, 0.25) is 0 Å². The summed E-state index contributed by atoms with van der Waals surface area (Å²) in [6.45, 7) is 5.45. The lowest BCUT2D eigenvalue weighted by Crippen LogP contribution is -2.35. The molecule has 1 unspecified atom stereocenters. The number of nitrogens with zero attached hydrogens (tertiary/aromatic N) is 1. The fourth-order valence-electron chi connectivity index (χ4n) is 5.22. The number of halogens is 2.